The second-order valence-corrected chi connectivity index (χ2v) is 11.0. The monoisotopic (exact) mass is 555 g/mol. The molecule has 0 saturated carbocycles. The molecule has 1 saturated heterocycles. The fraction of sp³-hybridized carbons (Fsp3) is 0.269. The number of ether oxygens (including phenoxy) is 1. The lowest BCUT2D eigenvalue weighted by molar-refractivity contribution is 0.0967. The van der Waals surface area contributed by atoms with Crippen molar-refractivity contribution in [3.05, 3.63) is 76.2 Å². The van der Waals surface area contributed by atoms with Crippen LogP contribution in [0.3, 0.4) is 0 Å². The molecule has 1 atom stereocenters. The van der Waals surface area contributed by atoms with Gasteiger partial charge in [0.1, 0.15) is 5.52 Å². The van der Waals surface area contributed by atoms with Crippen LogP contribution in [0.5, 0.6) is 0 Å². The lowest BCUT2D eigenvalue weighted by Gasteiger charge is -2.18. The molecule has 38 heavy (non-hydrogen) atoms. The molecule has 0 bridgehead atoms. The Kier molecular flexibility index (Phi) is 7.73. The van der Waals surface area contributed by atoms with Gasteiger partial charge in [-0.2, -0.15) is 0 Å². The van der Waals surface area contributed by atoms with E-state index in [-0.39, 0.29) is 41.2 Å². The van der Waals surface area contributed by atoms with E-state index in [4.69, 9.17) is 21.4 Å². The first-order valence-corrected chi connectivity index (χ1v) is 14.0. The highest BCUT2D eigenvalue weighted by Crippen LogP contribution is 2.30. The zero-order valence-electron chi connectivity index (χ0n) is 20.3. The minimum atomic E-state index is -3.72. The van der Waals surface area contributed by atoms with Crippen molar-refractivity contribution in [3.63, 3.8) is 0 Å². The van der Waals surface area contributed by atoms with Gasteiger partial charge >= 0.3 is 0 Å². The average molecular weight is 556 g/mol. The molecule has 3 N–H and O–H groups in total. The van der Waals surface area contributed by atoms with E-state index in [0.29, 0.717) is 34.9 Å². The van der Waals surface area contributed by atoms with Gasteiger partial charge in [0.25, 0.3) is 5.56 Å². The SMILES string of the molecule is O=c1c2nc(Nc3ccc(S(=O)(=O)NCCO)cc3)ncc2cc(-c2ccccc2Cl)n1CC1CCCO1. The molecule has 198 valence electrons. The smallest absolute Gasteiger partial charge is 0.277 e. The van der Waals surface area contributed by atoms with Crippen LogP contribution in [0.2, 0.25) is 5.02 Å². The predicted molar refractivity (Wildman–Crippen MR) is 145 cm³/mol. The van der Waals surface area contributed by atoms with Gasteiger partial charge in [-0.25, -0.2) is 23.1 Å². The van der Waals surface area contributed by atoms with Crippen molar-refractivity contribution in [2.75, 3.05) is 25.1 Å². The van der Waals surface area contributed by atoms with E-state index in [1.54, 1.807) is 29.0 Å². The summed E-state index contributed by atoms with van der Waals surface area (Å²) in [7, 11) is -3.72. The first kappa shape index (κ1) is 26.3. The van der Waals surface area contributed by atoms with Crippen molar-refractivity contribution in [1.29, 1.82) is 0 Å². The lowest BCUT2D eigenvalue weighted by atomic mass is 10.1. The number of nitrogens with zero attached hydrogens (tertiary/aromatic N) is 3. The van der Waals surface area contributed by atoms with Crippen molar-refractivity contribution in [2.45, 2.75) is 30.4 Å². The molecule has 2 aromatic carbocycles. The van der Waals surface area contributed by atoms with Gasteiger partial charge in [0.2, 0.25) is 16.0 Å². The number of hydrogen-bond acceptors (Lipinski definition) is 8. The normalized spacial score (nSPS) is 15.7. The number of aromatic nitrogens is 3. The molecule has 1 aliphatic heterocycles. The van der Waals surface area contributed by atoms with Crippen LogP contribution in [0.1, 0.15) is 12.8 Å². The first-order chi connectivity index (χ1) is 18.4. The Bertz CT molecular complexity index is 1620. The molecule has 10 nitrogen and oxygen atoms in total. The maximum absolute atomic E-state index is 13.7. The van der Waals surface area contributed by atoms with Gasteiger partial charge in [-0.1, -0.05) is 29.8 Å². The van der Waals surface area contributed by atoms with Crippen LogP contribution in [0, 0.1) is 0 Å². The van der Waals surface area contributed by atoms with Gasteiger partial charge in [0.05, 0.1) is 29.8 Å². The molecule has 1 fully saturated rings. The van der Waals surface area contributed by atoms with Gasteiger partial charge in [-0.15, -0.1) is 0 Å². The maximum atomic E-state index is 13.7. The molecule has 0 aliphatic carbocycles. The first-order valence-electron chi connectivity index (χ1n) is 12.1. The molecule has 0 spiro atoms. The summed E-state index contributed by atoms with van der Waals surface area (Å²) in [5.74, 6) is 0.192. The van der Waals surface area contributed by atoms with Gasteiger partial charge in [-0.05, 0) is 49.2 Å². The van der Waals surface area contributed by atoms with Crippen molar-refractivity contribution >= 4 is 44.2 Å². The number of pyridine rings is 1. The van der Waals surface area contributed by atoms with Crippen molar-refractivity contribution in [3.8, 4) is 11.3 Å². The van der Waals surface area contributed by atoms with Crippen molar-refractivity contribution in [1.82, 2.24) is 19.3 Å². The second kappa shape index (κ2) is 11.2. The molecule has 4 aromatic rings. The molecule has 12 heteroatoms. The molecule has 3 heterocycles. The van der Waals surface area contributed by atoms with Crippen molar-refractivity contribution in [2.24, 2.45) is 0 Å². The fourth-order valence-corrected chi connectivity index (χ4v) is 5.62. The third kappa shape index (κ3) is 5.57. The second-order valence-electron chi connectivity index (χ2n) is 8.83. The molecule has 0 amide bonds. The molecule has 2 aromatic heterocycles. The highest BCUT2D eigenvalue weighted by atomic mass is 35.5. The molecule has 0 radical (unpaired) electrons. The van der Waals surface area contributed by atoms with E-state index in [0.717, 1.165) is 18.4 Å². The number of aliphatic hydroxyl groups is 1. The zero-order valence-corrected chi connectivity index (χ0v) is 21.9. The van der Waals surface area contributed by atoms with E-state index in [2.05, 4.69) is 20.0 Å². The van der Waals surface area contributed by atoms with Crippen LogP contribution in [0.25, 0.3) is 22.2 Å². The number of fused-ring (bicyclic) bond motifs is 1. The standard InChI is InChI=1S/C26H26ClN5O5S/c27-22-6-2-1-5-21(22)23-14-17-15-28-26(31-24(17)25(34)32(23)16-19-4-3-13-37-19)30-18-7-9-20(10-8-18)38(35,36)29-11-12-33/h1-2,5-10,14-15,19,29,33H,3-4,11-13,16H2,(H,28,30,31). The van der Waals surface area contributed by atoms with Crippen molar-refractivity contribution < 1.29 is 18.3 Å². The van der Waals surface area contributed by atoms with Crippen LogP contribution < -0.4 is 15.6 Å². The summed E-state index contributed by atoms with van der Waals surface area (Å²) in [6.45, 7) is 0.674. The minimum absolute atomic E-state index is 0.0556. The summed E-state index contributed by atoms with van der Waals surface area (Å²) in [6.07, 6.45) is 3.31. The molecule has 5 rings (SSSR count). The Hall–Kier alpha value is -3.35. The lowest BCUT2D eigenvalue weighted by Crippen LogP contribution is -2.28. The number of aliphatic hydroxyl groups excluding tert-OH is 1. The third-order valence-corrected chi connectivity index (χ3v) is 8.04. The number of nitrogens with one attached hydrogen (secondary N) is 2. The number of hydrogen-bond donors (Lipinski definition) is 3. The number of sulfonamides is 1. The minimum Gasteiger partial charge on any atom is -0.395 e. The van der Waals surface area contributed by atoms with Crippen LogP contribution in [-0.2, 0) is 21.3 Å². The summed E-state index contributed by atoms with van der Waals surface area (Å²) in [6, 6.07) is 15.2. The summed E-state index contributed by atoms with van der Waals surface area (Å²) in [5.41, 5.74) is 1.90. The number of rotatable bonds is 9. The van der Waals surface area contributed by atoms with E-state index in [1.165, 1.54) is 12.1 Å². The number of benzene rings is 2. The highest BCUT2D eigenvalue weighted by Gasteiger charge is 2.21. The van der Waals surface area contributed by atoms with E-state index < -0.39 is 10.0 Å². The quantitative estimate of drug-likeness (QED) is 0.286. The topological polar surface area (TPSA) is 135 Å². The fourth-order valence-electron chi connectivity index (χ4n) is 4.37. The third-order valence-electron chi connectivity index (χ3n) is 6.23. The summed E-state index contributed by atoms with van der Waals surface area (Å²) in [4.78, 5) is 22.6. The Balaban J connectivity index is 1.49. The Morgan fingerprint density at radius 3 is 2.66 bits per heavy atom. The molecular weight excluding hydrogens is 530 g/mol. The van der Waals surface area contributed by atoms with E-state index in [9.17, 15) is 13.2 Å². The zero-order chi connectivity index (χ0) is 26.7. The highest BCUT2D eigenvalue weighted by molar-refractivity contribution is 7.89. The van der Waals surface area contributed by atoms with Gasteiger partial charge in [-0.3, -0.25) is 4.79 Å². The summed E-state index contributed by atoms with van der Waals surface area (Å²) >= 11 is 6.49. The number of anilines is 2. The maximum Gasteiger partial charge on any atom is 0.277 e. The number of halogens is 1. The van der Waals surface area contributed by atoms with Gasteiger partial charge in [0, 0.05) is 41.0 Å². The summed E-state index contributed by atoms with van der Waals surface area (Å²) in [5, 5.41) is 13.0. The van der Waals surface area contributed by atoms with Crippen LogP contribution in [-0.4, -0.2) is 53.9 Å². The van der Waals surface area contributed by atoms with Crippen LogP contribution in [0.4, 0.5) is 11.6 Å². The Morgan fingerprint density at radius 2 is 1.95 bits per heavy atom. The molecular formula is C26H26ClN5O5S. The molecule has 1 aliphatic rings. The van der Waals surface area contributed by atoms with Crippen LogP contribution >= 0.6 is 11.6 Å². The Labute approximate surface area is 224 Å². The van der Waals surface area contributed by atoms with Gasteiger partial charge in [0.15, 0.2) is 0 Å². The molecule has 1 unspecified atom stereocenters. The largest absolute Gasteiger partial charge is 0.395 e. The van der Waals surface area contributed by atoms with Crippen LogP contribution in [0.15, 0.2) is 70.5 Å². The van der Waals surface area contributed by atoms with E-state index >= 15 is 0 Å². The average Bonchev–Trinajstić information content (AvgIpc) is 3.43. The van der Waals surface area contributed by atoms with E-state index in [1.807, 2.05) is 24.3 Å². The predicted octanol–water partition coefficient (Wildman–Crippen LogP) is 3.31. The van der Waals surface area contributed by atoms with Gasteiger partial charge < -0.3 is 19.7 Å². The Morgan fingerprint density at radius 1 is 1.16 bits per heavy atom. The summed E-state index contributed by atoms with van der Waals surface area (Å²) < 4.78 is 34.2.